The number of methoxy groups -OCH3 is 1. The van der Waals surface area contributed by atoms with Crippen molar-refractivity contribution in [3.63, 3.8) is 0 Å². The van der Waals surface area contributed by atoms with Gasteiger partial charge in [-0.15, -0.1) is 0 Å². The van der Waals surface area contributed by atoms with Crippen LogP contribution in [0.2, 0.25) is 0 Å². The van der Waals surface area contributed by atoms with Gasteiger partial charge in [-0.05, 0) is 17.7 Å². The van der Waals surface area contributed by atoms with Crippen LogP contribution in [0, 0.1) is 0 Å². The highest BCUT2D eigenvalue weighted by Crippen LogP contribution is 2.27. The number of anilines is 1. The molecule has 0 saturated carbocycles. The van der Waals surface area contributed by atoms with Crippen molar-refractivity contribution in [3.8, 4) is 11.6 Å². The number of ether oxygens (including phenoxy) is 2. The number of nitrogens with two attached hydrogens (primary N) is 1. The Labute approximate surface area is 123 Å². The standard InChI is InChI=1S/C17H16N2O2/c1-20-14-9-13-7-8-16(19-17(13)15(18)10-14)21-11-12-5-3-2-4-6-12/h2-10H,11,18H2,1H3. The zero-order chi connectivity index (χ0) is 14.7. The summed E-state index contributed by atoms with van der Waals surface area (Å²) >= 11 is 0. The lowest BCUT2D eigenvalue weighted by Gasteiger charge is -2.09. The molecule has 1 aromatic heterocycles. The molecule has 0 spiro atoms. The first-order chi connectivity index (χ1) is 10.3. The molecule has 3 rings (SSSR count). The Morgan fingerprint density at radius 3 is 2.62 bits per heavy atom. The minimum atomic E-state index is 0.482. The number of rotatable bonds is 4. The van der Waals surface area contributed by atoms with E-state index in [0.717, 1.165) is 22.2 Å². The van der Waals surface area contributed by atoms with E-state index in [0.29, 0.717) is 18.2 Å². The van der Waals surface area contributed by atoms with Crippen molar-refractivity contribution in [2.75, 3.05) is 12.8 Å². The Kier molecular flexibility index (Phi) is 3.60. The zero-order valence-electron chi connectivity index (χ0n) is 11.7. The second-order valence-corrected chi connectivity index (χ2v) is 4.71. The summed E-state index contributed by atoms with van der Waals surface area (Å²) in [6.07, 6.45) is 0. The Morgan fingerprint density at radius 2 is 1.86 bits per heavy atom. The van der Waals surface area contributed by atoms with Crippen LogP contribution in [0.25, 0.3) is 10.9 Å². The number of hydrogen-bond donors (Lipinski definition) is 1. The van der Waals surface area contributed by atoms with Crippen LogP contribution in [0.5, 0.6) is 11.6 Å². The van der Waals surface area contributed by atoms with E-state index in [9.17, 15) is 0 Å². The maximum atomic E-state index is 6.01. The van der Waals surface area contributed by atoms with E-state index in [1.807, 2.05) is 48.5 Å². The average Bonchev–Trinajstić information content (AvgIpc) is 2.54. The monoisotopic (exact) mass is 280 g/mol. The lowest BCUT2D eigenvalue weighted by Crippen LogP contribution is -1.98. The van der Waals surface area contributed by atoms with E-state index >= 15 is 0 Å². The van der Waals surface area contributed by atoms with Gasteiger partial charge in [-0.2, -0.15) is 0 Å². The van der Waals surface area contributed by atoms with Gasteiger partial charge in [-0.25, -0.2) is 4.98 Å². The van der Waals surface area contributed by atoms with Crippen molar-refractivity contribution in [2.24, 2.45) is 0 Å². The molecule has 0 radical (unpaired) electrons. The van der Waals surface area contributed by atoms with Gasteiger partial charge in [-0.3, -0.25) is 0 Å². The van der Waals surface area contributed by atoms with Crippen LogP contribution in [-0.2, 0) is 6.61 Å². The van der Waals surface area contributed by atoms with Gasteiger partial charge in [0.1, 0.15) is 12.4 Å². The van der Waals surface area contributed by atoms with Crippen molar-refractivity contribution in [1.82, 2.24) is 4.98 Å². The van der Waals surface area contributed by atoms with Gasteiger partial charge in [0, 0.05) is 17.5 Å². The zero-order valence-corrected chi connectivity index (χ0v) is 11.7. The molecule has 0 aliphatic rings. The Morgan fingerprint density at radius 1 is 1.05 bits per heavy atom. The third-order valence-corrected chi connectivity index (χ3v) is 3.24. The lowest BCUT2D eigenvalue weighted by atomic mass is 10.2. The molecule has 106 valence electrons. The van der Waals surface area contributed by atoms with Crippen molar-refractivity contribution in [1.29, 1.82) is 0 Å². The highest BCUT2D eigenvalue weighted by Gasteiger charge is 2.06. The molecule has 0 aliphatic carbocycles. The van der Waals surface area contributed by atoms with Gasteiger partial charge in [0.05, 0.1) is 18.3 Å². The molecule has 4 heteroatoms. The third-order valence-electron chi connectivity index (χ3n) is 3.24. The van der Waals surface area contributed by atoms with E-state index in [1.165, 1.54) is 0 Å². The van der Waals surface area contributed by atoms with E-state index in [4.69, 9.17) is 15.2 Å². The minimum absolute atomic E-state index is 0.482. The highest BCUT2D eigenvalue weighted by atomic mass is 16.5. The van der Waals surface area contributed by atoms with Crippen LogP contribution >= 0.6 is 0 Å². The van der Waals surface area contributed by atoms with E-state index in [2.05, 4.69) is 4.98 Å². The molecule has 0 unspecified atom stereocenters. The molecule has 21 heavy (non-hydrogen) atoms. The summed E-state index contributed by atoms with van der Waals surface area (Å²) in [7, 11) is 1.62. The topological polar surface area (TPSA) is 57.4 Å². The van der Waals surface area contributed by atoms with Crippen LogP contribution in [0.3, 0.4) is 0 Å². The Balaban J connectivity index is 1.85. The van der Waals surface area contributed by atoms with Crippen molar-refractivity contribution in [3.05, 3.63) is 60.2 Å². The lowest BCUT2D eigenvalue weighted by molar-refractivity contribution is 0.295. The SMILES string of the molecule is COc1cc(N)c2nc(OCc3ccccc3)ccc2c1. The van der Waals surface area contributed by atoms with Gasteiger partial charge in [0.15, 0.2) is 0 Å². The maximum absolute atomic E-state index is 6.01. The molecule has 0 amide bonds. The van der Waals surface area contributed by atoms with Crippen LogP contribution in [-0.4, -0.2) is 12.1 Å². The van der Waals surface area contributed by atoms with E-state index in [1.54, 1.807) is 13.2 Å². The van der Waals surface area contributed by atoms with Crippen LogP contribution < -0.4 is 15.2 Å². The minimum Gasteiger partial charge on any atom is -0.497 e. The Hall–Kier alpha value is -2.75. The predicted molar refractivity (Wildman–Crippen MR) is 83.5 cm³/mol. The van der Waals surface area contributed by atoms with Crippen molar-refractivity contribution < 1.29 is 9.47 Å². The molecular formula is C17H16N2O2. The first-order valence-electron chi connectivity index (χ1n) is 6.67. The summed E-state index contributed by atoms with van der Waals surface area (Å²) < 4.78 is 10.9. The van der Waals surface area contributed by atoms with E-state index in [-0.39, 0.29) is 0 Å². The molecule has 0 bridgehead atoms. The predicted octanol–water partition coefficient (Wildman–Crippen LogP) is 3.40. The molecule has 0 atom stereocenters. The molecule has 3 aromatic rings. The third kappa shape index (κ3) is 2.89. The molecule has 0 fully saturated rings. The normalized spacial score (nSPS) is 10.5. The number of hydrogen-bond acceptors (Lipinski definition) is 4. The first-order valence-corrected chi connectivity index (χ1v) is 6.67. The summed E-state index contributed by atoms with van der Waals surface area (Å²) in [4.78, 5) is 4.46. The van der Waals surface area contributed by atoms with E-state index < -0.39 is 0 Å². The number of nitrogen functional groups attached to an aromatic ring is 1. The second kappa shape index (κ2) is 5.71. The number of pyridine rings is 1. The maximum Gasteiger partial charge on any atom is 0.214 e. The summed E-state index contributed by atoms with van der Waals surface area (Å²) in [6.45, 7) is 0.482. The quantitative estimate of drug-likeness (QED) is 0.744. The summed E-state index contributed by atoms with van der Waals surface area (Å²) in [6, 6.07) is 17.4. The molecule has 2 N–H and O–H groups in total. The van der Waals surface area contributed by atoms with Gasteiger partial charge in [0.25, 0.3) is 0 Å². The molecule has 0 saturated heterocycles. The number of nitrogens with zero attached hydrogens (tertiary/aromatic N) is 1. The second-order valence-electron chi connectivity index (χ2n) is 4.71. The Bertz CT molecular complexity index is 757. The largest absolute Gasteiger partial charge is 0.497 e. The number of benzene rings is 2. The molecule has 4 nitrogen and oxygen atoms in total. The molecule has 2 aromatic carbocycles. The molecule has 1 heterocycles. The van der Waals surface area contributed by atoms with Crippen LogP contribution in [0.4, 0.5) is 5.69 Å². The number of fused-ring (bicyclic) bond motifs is 1. The summed E-state index contributed by atoms with van der Waals surface area (Å²) in [5, 5.41) is 0.930. The highest BCUT2D eigenvalue weighted by molar-refractivity contribution is 5.91. The number of aromatic nitrogens is 1. The fourth-order valence-corrected chi connectivity index (χ4v) is 2.15. The van der Waals surface area contributed by atoms with Gasteiger partial charge >= 0.3 is 0 Å². The van der Waals surface area contributed by atoms with Crippen LogP contribution in [0.15, 0.2) is 54.6 Å². The van der Waals surface area contributed by atoms with Gasteiger partial charge in [0.2, 0.25) is 5.88 Å². The fourth-order valence-electron chi connectivity index (χ4n) is 2.15. The summed E-state index contributed by atoms with van der Waals surface area (Å²) in [5.41, 5.74) is 8.41. The van der Waals surface area contributed by atoms with Crippen LogP contribution in [0.1, 0.15) is 5.56 Å². The molecule has 0 aliphatic heterocycles. The smallest absolute Gasteiger partial charge is 0.214 e. The first kappa shape index (κ1) is 13.2. The molecular weight excluding hydrogens is 264 g/mol. The fraction of sp³-hybridized carbons (Fsp3) is 0.118. The summed E-state index contributed by atoms with van der Waals surface area (Å²) in [5.74, 6) is 1.28. The van der Waals surface area contributed by atoms with Gasteiger partial charge < -0.3 is 15.2 Å². The average molecular weight is 280 g/mol. The van der Waals surface area contributed by atoms with Crippen molar-refractivity contribution in [2.45, 2.75) is 6.61 Å². The van der Waals surface area contributed by atoms with Gasteiger partial charge in [-0.1, -0.05) is 30.3 Å². The van der Waals surface area contributed by atoms with Crippen molar-refractivity contribution >= 4 is 16.6 Å².